The maximum absolute atomic E-state index is 3.67. The van der Waals surface area contributed by atoms with Crippen LogP contribution in [0.4, 0.5) is 0 Å². The first kappa shape index (κ1) is 13.6. The Kier molecular flexibility index (Phi) is 3.79. The van der Waals surface area contributed by atoms with Crippen LogP contribution in [-0.2, 0) is 6.54 Å². The molecule has 2 heteroatoms. The maximum atomic E-state index is 3.67. The van der Waals surface area contributed by atoms with Gasteiger partial charge in [-0.25, -0.2) is 0 Å². The molecule has 1 heterocycles. The highest BCUT2D eigenvalue weighted by molar-refractivity contribution is 5.15. The summed E-state index contributed by atoms with van der Waals surface area (Å²) in [5, 5.41) is 3.67. The van der Waals surface area contributed by atoms with Crippen molar-refractivity contribution in [2.75, 3.05) is 13.1 Å². The third kappa shape index (κ3) is 2.93. The summed E-state index contributed by atoms with van der Waals surface area (Å²) in [5.41, 5.74) is 1.89. The van der Waals surface area contributed by atoms with Crippen molar-refractivity contribution in [1.29, 1.82) is 0 Å². The fourth-order valence-electron chi connectivity index (χ4n) is 2.66. The molecule has 1 unspecified atom stereocenters. The van der Waals surface area contributed by atoms with Crippen molar-refractivity contribution in [2.24, 2.45) is 0 Å². The first-order chi connectivity index (χ1) is 8.45. The summed E-state index contributed by atoms with van der Waals surface area (Å²) in [5.74, 6) is 0. The van der Waals surface area contributed by atoms with Gasteiger partial charge in [-0.3, -0.25) is 4.90 Å². The van der Waals surface area contributed by atoms with Crippen LogP contribution in [0.25, 0.3) is 0 Å². The van der Waals surface area contributed by atoms with Crippen molar-refractivity contribution in [3.63, 3.8) is 0 Å². The second kappa shape index (κ2) is 5.02. The van der Waals surface area contributed by atoms with Gasteiger partial charge in [0.25, 0.3) is 0 Å². The highest BCUT2D eigenvalue weighted by Crippen LogP contribution is 2.28. The van der Waals surface area contributed by atoms with E-state index in [9.17, 15) is 0 Å². The van der Waals surface area contributed by atoms with Gasteiger partial charge in [0.15, 0.2) is 0 Å². The van der Waals surface area contributed by atoms with Crippen LogP contribution in [0.1, 0.15) is 39.7 Å². The van der Waals surface area contributed by atoms with Crippen LogP contribution in [0.5, 0.6) is 0 Å². The summed E-state index contributed by atoms with van der Waals surface area (Å²) in [4.78, 5) is 2.64. The van der Waals surface area contributed by atoms with E-state index in [1.807, 2.05) is 0 Å². The number of nitrogens with one attached hydrogen (secondary N) is 1. The van der Waals surface area contributed by atoms with E-state index in [1.165, 1.54) is 12.0 Å². The summed E-state index contributed by atoms with van der Waals surface area (Å²) >= 11 is 0. The number of piperazine rings is 1. The smallest absolute Gasteiger partial charge is 0.0307 e. The molecule has 1 atom stereocenters. The molecule has 0 aliphatic carbocycles. The number of rotatable bonds is 3. The predicted octanol–water partition coefficient (Wildman–Crippen LogP) is 3.04. The minimum Gasteiger partial charge on any atom is -0.309 e. The number of nitrogens with zero attached hydrogens (tertiary/aromatic N) is 1. The molecule has 2 nitrogen and oxygen atoms in total. The average molecular weight is 246 g/mol. The van der Waals surface area contributed by atoms with Crippen molar-refractivity contribution >= 4 is 0 Å². The summed E-state index contributed by atoms with van der Waals surface area (Å²) in [6.07, 6.45) is 1.18. The van der Waals surface area contributed by atoms with Gasteiger partial charge in [-0.1, -0.05) is 37.3 Å². The zero-order valence-electron chi connectivity index (χ0n) is 12.2. The molecule has 1 aliphatic rings. The first-order valence-electron chi connectivity index (χ1n) is 6.99. The van der Waals surface area contributed by atoms with E-state index in [4.69, 9.17) is 0 Å². The van der Waals surface area contributed by atoms with Gasteiger partial charge in [0, 0.05) is 30.7 Å². The van der Waals surface area contributed by atoms with Crippen LogP contribution in [0.2, 0.25) is 0 Å². The third-order valence-corrected chi connectivity index (χ3v) is 4.28. The maximum Gasteiger partial charge on any atom is 0.0307 e. The zero-order valence-corrected chi connectivity index (χ0v) is 12.2. The van der Waals surface area contributed by atoms with Crippen LogP contribution in [0.15, 0.2) is 30.3 Å². The molecule has 0 spiro atoms. The molecular formula is C16H26N2. The first-order valence-corrected chi connectivity index (χ1v) is 6.99. The molecule has 0 saturated carbocycles. The van der Waals surface area contributed by atoms with Gasteiger partial charge in [-0.05, 0) is 32.8 Å². The fraction of sp³-hybridized carbons (Fsp3) is 0.625. The molecule has 1 fully saturated rings. The van der Waals surface area contributed by atoms with Crippen LogP contribution < -0.4 is 5.32 Å². The molecule has 1 aliphatic heterocycles. The average Bonchev–Trinajstić information content (AvgIpc) is 2.35. The highest BCUT2D eigenvalue weighted by atomic mass is 15.3. The van der Waals surface area contributed by atoms with Crippen molar-refractivity contribution in [3.05, 3.63) is 35.9 Å². The topological polar surface area (TPSA) is 15.3 Å². The second-order valence-corrected chi connectivity index (χ2v) is 6.43. The molecule has 0 bridgehead atoms. The molecule has 100 valence electrons. The van der Waals surface area contributed by atoms with E-state index < -0.39 is 0 Å². The van der Waals surface area contributed by atoms with Crippen molar-refractivity contribution in [2.45, 2.75) is 51.7 Å². The van der Waals surface area contributed by atoms with Crippen molar-refractivity contribution in [1.82, 2.24) is 10.2 Å². The van der Waals surface area contributed by atoms with Gasteiger partial charge in [0.1, 0.15) is 0 Å². The largest absolute Gasteiger partial charge is 0.309 e. The molecule has 0 aromatic heterocycles. The number of hydrogen-bond acceptors (Lipinski definition) is 2. The standard InChI is InChI=1S/C16H26N2/c1-5-16(4)12-17-15(2,3)13-18(16)11-14-9-7-6-8-10-14/h6-10,17H,5,11-13H2,1-4H3. The third-order valence-electron chi connectivity index (χ3n) is 4.28. The van der Waals surface area contributed by atoms with Gasteiger partial charge < -0.3 is 5.32 Å². The Morgan fingerprint density at radius 2 is 1.83 bits per heavy atom. The van der Waals surface area contributed by atoms with E-state index in [0.29, 0.717) is 0 Å². The Hall–Kier alpha value is -0.860. The van der Waals surface area contributed by atoms with E-state index >= 15 is 0 Å². The molecule has 0 amide bonds. The SMILES string of the molecule is CCC1(C)CNC(C)(C)CN1Cc1ccccc1. The lowest BCUT2D eigenvalue weighted by Crippen LogP contribution is -2.66. The lowest BCUT2D eigenvalue weighted by molar-refractivity contribution is 0.0175. The Balaban J connectivity index is 2.16. The Labute approximate surface area is 111 Å². The molecule has 1 aromatic rings. The molecule has 1 aromatic carbocycles. The van der Waals surface area contributed by atoms with Gasteiger partial charge in [-0.2, -0.15) is 0 Å². The molecule has 2 rings (SSSR count). The fourth-order valence-corrected chi connectivity index (χ4v) is 2.66. The van der Waals surface area contributed by atoms with Crippen LogP contribution >= 0.6 is 0 Å². The van der Waals surface area contributed by atoms with Gasteiger partial charge in [0.05, 0.1) is 0 Å². The zero-order chi connectivity index (χ0) is 13.2. The lowest BCUT2D eigenvalue weighted by Gasteiger charge is -2.51. The van der Waals surface area contributed by atoms with Gasteiger partial charge in [-0.15, -0.1) is 0 Å². The minimum atomic E-state index is 0.212. The normalized spacial score (nSPS) is 28.2. The molecule has 1 saturated heterocycles. The van der Waals surface area contributed by atoms with E-state index in [2.05, 4.69) is 68.2 Å². The highest BCUT2D eigenvalue weighted by Gasteiger charge is 2.39. The molecule has 0 radical (unpaired) electrons. The van der Waals surface area contributed by atoms with E-state index in [1.54, 1.807) is 0 Å². The second-order valence-electron chi connectivity index (χ2n) is 6.43. The van der Waals surface area contributed by atoms with Crippen LogP contribution in [0, 0.1) is 0 Å². The van der Waals surface area contributed by atoms with Crippen molar-refractivity contribution < 1.29 is 0 Å². The van der Waals surface area contributed by atoms with E-state index in [-0.39, 0.29) is 11.1 Å². The number of benzene rings is 1. The quantitative estimate of drug-likeness (QED) is 0.882. The van der Waals surface area contributed by atoms with Gasteiger partial charge >= 0.3 is 0 Å². The minimum absolute atomic E-state index is 0.212. The summed E-state index contributed by atoms with van der Waals surface area (Å²) in [6, 6.07) is 10.8. The number of hydrogen-bond donors (Lipinski definition) is 1. The van der Waals surface area contributed by atoms with Crippen molar-refractivity contribution in [3.8, 4) is 0 Å². The Morgan fingerprint density at radius 3 is 2.44 bits per heavy atom. The van der Waals surface area contributed by atoms with Crippen LogP contribution in [0.3, 0.4) is 0 Å². The van der Waals surface area contributed by atoms with E-state index in [0.717, 1.165) is 19.6 Å². The molecular weight excluding hydrogens is 220 g/mol. The lowest BCUT2D eigenvalue weighted by atomic mass is 9.87. The monoisotopic (exact) mass is 246 g/mol. The van der Waals surface area contributed by atoms with Gasteiger partial charge in [0.2, 0.25) is 0 Å². The summed E-state index contributed by atoms with van der Waals surface area (Å²) < 4.78 is 0. The Bertz CT molecular complexity index is 385. The summed E-state index contributed by atoms with van der Waals surface area (Å²) in [6.45, 7) is 12.5. The Morgan fingerprint density at radius 1 is 1.17 bits per heavy atom. The predicted molar refractivity (Wildman–Crippen MR) is 77.6 cm³/mol. The molecule has 1 N–H and O–H groups in total. The molecule has 18 heavy (non-hydrogen) atoms. The summed E-state index contributed by atoms with van der Waals surface area (Å²) in [7, 11) is 0. The van der Waals surface area contributed by atoms with Crippen LogP contribution in [-0.4, -0.2) is 29.1 Å².